The fraction of sp³-hybridized carbons (Fsp3) is 0.222. The zero-order valence-corrected chi connectivity index (χ0v) is 23.4. The van der Waals surface area contributed by atoms with Gasteiger partial charge in [-0.3, -0.25) is 9.97 Å². The highest BCUT2D eigenvalue weighted by Crippen LogP contribution is 2.56. The lowest BCUT2D eigenvalue weighted by molar-refractivity contribution is 0.692. The van der Waals surface area contributed by atoms with Gasteiger partial charge in [0.25, 0.3) is 0 Å². The van der Waals surface area contributed by atoms with Crippen LogP contribution in [0.2, 0.25) is 0 Å². The molecule has 2 aromatic heterocycles. The number of rotatable bonds is 5. The Bertz CT molecular complexity index is 1830. The molecular formula is C36H32N4. The molecule has 0 saturated heterocycles. The van der Waals surface area contributed by atoms with Crippen LogP contribution >= 0.6 is 0 Å². The third-order valence-electron chi connectivity index (χ3n) is 8.70. The van der Waals surface area contributed by atoms with Crippen LogP contribution in [0.3, 0.4) is 0 Å². The lowest BCUT2D eigenvalue weighted by Gasteiger charge is -2.32. The maximum atomic E-state index is 5.32. The molecule has 4 heteroatoms. The number of hydrogen-bond donors (Lipinski definition) is 0. The van der Waals surface area contributed by atoms with E-state index in [9.17, 15) is 0 Å². The van der Waals surface area contributed by atoms with Crippen molar-refractivity contribution in [3.05, 3.63) is 131 Å². The summed E-state index contributed by atoms with van der Waals surface area (Å²) in [4.78, 5) is 20.5. The summed E-state index contributed by atoms with van der Waals surface area (Å²) < 4.78 is 0. The lowest BCUT2D eigenvalue weighted by Crippen LogP contribution is -2.32. The van der Waals surface area contributed by atoms with Crippen LogP contribution in [0.5, 0.6) is 0 Å². The van der Waals surface area contributed by atoms with Crippen molar-refractivity contribution in [3.63, 3.8) is 0 Å². The van der Waals surface area contributed by atoms with Gasteiger partial charge in [-0.1, -0.05) is 88.4 Å². The predicted molar refractivity (Wildman–Crippen MR) is 163 cm³/mol. The predicted octanol–water partition coefficient (Wildman–Crippen LogP) is 8.57. The summed E-state index contributed by atoms with van der Waals surface area (Å²) in [6, 6.07) is 30.1. The van der Waals surface area contributed by atoms with E-state index < -0.39 is 5.41 Å². The fourth-order valence-electron chi connectivity index (χ4n) is 6.22. The van der Waals surface area contributed by atoms with Gasteiger partial charge >= 0.3 is 0 Å². The van der Waals surface area contributed by atoms with E-state index in [4.69, 9.17) is 19.9 Å². The number of hydrogen-bond acceptors (Lipinski definition) is 4. The van der Waals surface area contributed by atoms with Gasteiger partial charge in [-0.2, -0.15) is 0 Å². The minimum absolute atomic E-state index is 0.382. The largest absolute Gasteiger partial charge is 0.253 e. The molecule has 2 heterocycles. The first-order chi connectivity index (χ1) is 19.5. The Balaban J connectivity index is 1.65. The Morgan fingerprint density at radius 3 is 1.57 bits per heavy atom. The first-order valence-corrected chi connectivity index (χ1v) is 14.2. The average molecular weight is 521 g/mol. The van der Waals surface area contributed by atoms with Crippen molar-refractivity contribution in [1.82, 2.24) is 19.9 Å². The summed E-state index contributed by atoms with van der Waals surface area (Å²) in [5, 5.41) is 0. The van der Waals surface area contributed by atoms with Crippen LogP contribution < -0.4 is 0 Å². The van der Waals surface area contributed by atoms with Gasteiger partial charge in [0, 0.05) is 0 Å². The molecule has 1 unspecified atom stereocenters. The molecule has 0 radical (unpaired) electrons. The average Bonchev–Trinajstić information content (AvgIpc) is 3.29. The molecule has 4 nitrogen and oxygen atoms in total. The van der Waals surface area contributed by atoms with Gasteiger partial charge in [-0.15, -0.1) is 0 Å². The van der Waals surface area contributed by atoms with Crippen LogP contribution in [0.25, 0.3) is 33.2 Å². The van der Waals surface area contributed by atoms with Crippen LogP contribution in [0.15, 0.2) is 97.3 Å². The Labute approximate surface area is 235 Å². The molecule has 0 N–H and O–H groups in total. The summed E-state index contributed by atoms with van der Waals surface area (Å²) in [6.45, 7) is 9.04. The molecular weight excluding hydrogens is 488 g/mol. The summed E-state index contributed by atoms with van der Waals surface area (Å²) in [5.41, 5.74) is 12.0. The number of nitrogens with zero attached hydrogens (tertiary/aromatic N) is 4. The maximum absolute atomic E-state index is 5.32. The van der Waals surface area contributed by atoms with Crippen molar-refractivity contribution >= 4 is 22.1 Å². The second-order valence-electron chi connectivity index (χ2n) is 11.3. The second kappa shape index (κ2) is 9.34. The number of fused-ring (bicyclic) bond motifs is 5. The molecule has 40 heavy (non-hydrogen) atoms. The van der Waals surface area contributed by atoms with Gasteiger partial charge in [0.2, 0.25) is 0 Å². The van der Waals surface area contributed by atoms with Crippen LogP contribution in [0, 0.1) is 0 Å². The van der Waals surface area contributed by atoms with Crippen LogP contribution in [0.1, 0.15) is 79.6 Å². The molecule has 0 amide bonds. The van der Waals surface area contributed by atoms with Crippen molar-refractivity contribution in [2.45, 2.75) is 51.4 Å². The van der Waals surface area contributed by atoms with Crippen molar-refractivity contribution in [2.75, 3.05) is 0 Å². The molecule has 7 rings (SSSR count). The SMILES string of the molecule is CCC(C)c1ccc2c(c1)C(c1cnc3ccccc3n1)(c1cnc3ccccc3n1)c1cc(C(C)C)ccc1-2. The Morgan fingerprint density at radius 2 is 1.07 bits per heavy atom. The van der Waals surface area contributed by atoms with E-state index >= 15 is 0 Å². The van der Waals surface area contributed by atoms with Gasteiger partial charge in [0.15, 0.2) is 0 Å². The summed E-state index contributed by atoms with van der Waals surface area (Å²) >= 11 is 0. The number of para-hydroxylation sites is 4. The molecule has 0 aliphatic heterocycles. The molecule has 0 fully saturated rings. The number of benzene rings is 4. The second-order valence-corrected chi connectivity index (χ2v) is 11.3. The van der Waals surface area contributed by atoms with Gasteiger partial charge in [-0.05, 0) is 75.9 Å². The maximum Gasteiger partial charge on any atom is 0.109 e. The monoisotopic (exact) mass is 520 g/mol. The van der Waals surface area contributed by atoms with Crippen molar-refractivity contribution in [3.8, 4) is 11.1 Å². The molecule has 1 atom stereocenters. The standard InChI is InChI=1S/C36H32N4/c1-5-23(4)25-15-17-27-26-16-14-24(22(2)3)18-28(26)36(29(27)19-25,34-20-37-30-10-6-8-12-32(30)39-34)35-21-38-31-11-7-9-13-33(31)40-35/h6-23H,5H2,1-4H3. The van der Waals surface area contributed by atoms with E-state index in [0.29, 0.717) is 11.8 Å². The minimum Gasteiger partial charge on any atom is -0.253 e. The molecule has 0 spiro atoms. The first-order valence-electron chi connectivity index (χ1n) is 14.2. The normalized spacial score (nSPS) is 14.4. The van der Waals surface area contributed by atoms with Gasteiger partial charge in [-0.25, -0.2) is 9.97 Å². The Morgan fingerprint density at radius 1 is 0.600 bits per heavy atom. The highest BCUT2D eigenvalue weighted by atomic mass is 14.9. The molecule has 6 aromatic rings. The highest BCUT2D eigenvalue weighted by Gasteiger charge is 2.49. The van der Waals surface area contributed by atoms with Crippen molar-refractivity contribution in [1.29, 1.82) is 0 Å². The third kappa shape index (κ3) is 3.59. The molecule has 0 saturated carbocycles. The molecule has 196 valence electrons. The van der Waals surface area contributed by atoms with Crippen LogP contribution in [0.4, 0.5) is 0 Å². The fourth-order valence-corrected chi connectivity index (χ4v) is 6.22. The Hall–Kier alpha value is -4.44. The van der Waals surface area contributed by atoms with E-state index in [-0.39, 0.29) is 0 Å². The number of aromatic nitrogens is 4. The van der Waals surface area contributed by atoms with Gasteiger partial charge in [0.05, 0.1) is 45.8 Å². The third-order valence-corrected chi connectivity index (χ3v) is 8.70. The zero-order chi connectivity index (χ0) is 27.4. The quantitative estimate of drug-likeness (QED) is 0.228. The topological polar surface area (TPSA) is 51.6 Å². The van der Waals surface area contributed by atoms with Crippen LogP contribution in [-0.2, 0) is 5.41 Å². The summed E-state index contributed by atoms with van der Waals surface area (Å²) in [6.07, 6.45) is 4.98. The minimum atomic E-state index is -0.757. The smallest absolute Gasteiger partial charge is 0.109 e. The van der Waals surface area contributed by atoms with Crippen LogP contribution in [-0.4, -0.2) is 19.9 Å². The molecule has 4 aromatic carbocycles. The molecule has 0 bridgehead atoms. The highest BCUT2D eigenvalue weighted by molar-refractivity contribution is 5.87. The van der Waals surface area contributed by atoms with E-state index in [0.717, 1.165) is 39.9 Å². The molecule has 1 aliphatic rings. The van der Waals surface area contributed by atoms with Crippen molar-refractivity contribution < 1.29 is 0 Å². The zero-order valence-electron chi connectivity index (χ0n) is 23.4. The van der Waals surface area contributed by atoms with E-state index in [1.165, 1.54) is 33.4 Å². The molecule has 1 aliphatic carbocycles. The van der Waals surface area contributed by atoms with E-state index in [1.807, 2.05) is 60.9 Å². The van der Waals surface area contributed by atoms with E-state index in [1.54, 1.807) is 0 Å². The van der Waals surface area contributed by atoms with E-state index in [2.05, 4.69) is 64.1 Å². The first kappa shape index (κ1) is 24.6. The van der Waals surface area contributed by atoms with Crippen molar-refractivity contribution in [2.24, 2.45) is 0 Å². The van der Waals surface area contributed by atoms with Gasteiger partial charge in [0.1, 0.15) is 5.41 Å². The summed E-state index contributed by atoms with van der Waals surface area (Å²) in [5.74, 6) is 0.816. The summed E-state index contributed by atoms with van der Waals surface area (Å²) in [7, 11) is 0. The lowest BCUT2D eigenvalue weighted by atomic mass is 9.71. The Kier molecular flexibility index (Phi) is 5.74. The van der Waals surface area contributed by atoms with Gasteiger partial charge < -0.3 is 0 Å².